The molecule has 23 heavy (non-hydrogen) atoms. The Morgan fingerprint density at radius 1 is 1.35 bits per heavy atom. The van der Waals surface area contributed by atoms with Gasteiger partial charge >= 0.3 is 0 Å². The lowest BCUT2D eigenvalue weighted by Crippen LogP contribution is -2.26. The number of allylic oxidation sites excluding steroid dienone is 4. The quantitative estimate of drug-likeness (QED) is 0.809. The number of halogens is 1. The molecule has 5 heteroatoms. The van der Waals surface area contributed by atoms with E-state index in [4.69, 9.17) is 0 Å². The van der Waals surface area contributed by atoms with E-state index in [-0.39, 0.29) is 11.7 Å². The highest BCUT2D eigenvalue weighted by Gasteiger charge is 2.17. The molecule has 0 fully saturated rings. The van der Waals surface area contributed by atoms with Crippen LogP contribution in [0, 0.1) is 5.92 Å². The van der Waals surface area contributed by atoms with E-state index in [0.29, 0.717) is 13.0 Å². The third kappa shape index (κ3) is 3.11. The van der Waals surface area contributed by atoms with Crippen LogP contribution in [0.25, 0.3) is 11.0 Å². The van der Waals surface area contributed by atoms with Gasteiger partial charge < -0.3 is 9.13 Å². The van der Waals surface area contributed by atoms with Crippen molar-refractivity contribution in [3.8, 4) is 0 Å². The minimum atomic E-state index is -0.00566. The highest BCUT2D eigenvalue weighted by Crippen LogP contribution is 2.22. The summed E-state index contributed by atoms with van der Waals surface area (Å²) in [7, 11) is 3.80. The van der Waals surface area contributed by atoms with Gasteiger partial charge in [-0.15, -0.1) is 0 Å². The number of aromatic nitrogens is 2. The zero-order valence-corrected chi connectivity index (χ0v) is 15.0. The summed E-state index contributed by atoms with van der Waals surface area (Å²) in [5, 5.41) is 0. The molecule has 0 amide bonds. The SMILES string of the molecule is CN=c1n(C)c2ccccc2n1CCC(=O)C1C=CC(Br)=CC1. The number of imidazole rings is 1. The van der Waals surface area contributed by atoms with Crippen molar-refractivity contribution in [3.63, 3.8) is 0 Å². The summed E-state index contributed by atoms with van der Waals surface area (Å²) in [5.74, 6) is 0.272. The molecule has 0 aliphatic heterocycles. The molecular weight excluding hydrogens is 354 g/mol. The molecule has 1 aliphatic carbocycles. The molecule has 1 unspecified atom stereocenters. The van der Waals surface area contributed by atoms with E-state index in [2.05, 4.69) is 48.3 Å². The monoisotopic (exact) mass is 373 g/mol. The van der Waals surface area contributed by atoms with Crippen LogP contribution in [0.1, 0.15) is 12.8 Å². The lowest BCUT2D eigenvalue weighted by atomic mass is 9.94. The zero-order valence-electron chi connectivity index (χ0n) is 13.4. The van der Waals surface area contributed by atoms with Crippen molar-refractivity contribution in [1.82, 2.24) is 9.13 Å². The van der Waals surface area contributed by atoms with Crippen LogP contribution in [0.15, 0.2) is 52.0 Å². The van der Waals surface area contributed by atoms with Crippen LogP contribution >= 0.6 is 15.9 Å². The van der Waals surface area contributed by atoms with Gasteiger partial charge in [-0.3, -0.25) is 9.79 Å². The number of para-hydroxylation sites is 2. The first-order valence-corrected chi connectivity index (χ1v) is 8.54. The maximum Gasteiger partial charge on any atom is 0.205 e. The minimum Gasteiger partial charge on any atom is -0.313 e. The van der Waals surface area contributed by atoms with E-state index in [9.17, 15) is 4.79 Å². The average Bonchev–Trinajstić information content (AvgIpc) is 2.85. The van der Waals surface area contributed by atoms with Crippen LogP contribution in [-0.2, 0) is 18.4 Å². The predicted octanol–water partition coefficient (Wildman–Crippen LogP) is 3.32. The fourth-order valence-corrected chi connectivity index (χ4v) is 3.44. The van der Waals surface area contributed by atoms with Crippen molar-refractivity contribution >= 4 is 32.7 Å². The molecule has 0 N–H and O–H groups in total. The van der Waals surface area contributed by atoms with Gasteiger partial charge in [0.25, 0.3) is 0 Å². The largest absolute Gasteiger partial charge is 0.313 e. The first kappa shape index (κ1) is 16.0. The van der Waals surface area contributed by atoms with Crippen LogP contribution in [0.4, 0.5) is 0 Å². The molecule has 1 heterocycles. The fourth-order valence-electron chi connectivity index (χ4n) is 3.10. The number of benzene rings is 1. The molecule has 1 aromatic heterocycles. The van der Waals surface area contributed by atoms with Crippen molar-refractivity contribution in [1.29, 1.82) is 0 Å². The topological polar surface area (TPSA) is 39.3 Å². The third-order valence-corrected chi connectivity index (χ3v) is 4.91. The van der Waals surface area contributed by atoms with Gasteiger partial charge in [0.2, 0.25) is 5.62 Å². The molecule has 2 aromatic rings. The molecule has 1 atom stereocenters. The van der Waals surface area contributed by atoms with Gasteiger partial charge in [0, 0.05) is 37.5 Å². The van der Waals surface area contributed by atoms with Crippen LogP contribution in [0.3, 0.4) is 0 Å². The molecule has 1 aromatic carbocycles. The maximum atomic E-state index is 12.5. The van der Waals surface area contributed by atoms with E-state index in [0.717, 1.165) is 27.6 Å². The number of aryl methyl sites for hydroxylation is 2. The zero-order chi connectivity index (χ0) is 16.4. The number of ketones is 1. The summed E-state index contributed by atoms with van der Waals surface area (Å²) in [6.07, 6.45) is 7.30. The average molecular weight is 374 g/mol. The Morgan fingerprint density at radius 2 is 2.09 bits per heavy atom. The Morgan fingerprint density at radius 3 is 2.74 bits per heavy atom. The Labute approximate surface area is 144 Å². The summed E-state index contributed by atoms with van der Waals surface area (Å²) in [6.45, 7) is 0.655. The van der Waals surface area contributed by atoms with Gasteiger partial charge in [-0.05, 0) is 18.6 Å². The molecule has 0 spiro atoms. The second-order valence-electron chi connectivity index (χ2n) is 5.73. The molecule has 4 nitrogen and oxygen atoms in total. The van der Waals surface area contributed by atoms with E-state index < -0.39 is 0 Å². The number of Topliss-reactive ketones (excluding diaryl/α,β-unsaturated/α-hetero) is 1. The number of hydrogen-bond donors (Lipinski definition) is 0. The van der Waals surface area contributed by atoms with Gasteiger partial charge in [-0.2, -0.15) is 0 Å². The molecular formula is C18H20BrN3O. The number of hydrogen-bond acceptors (Lipinski definition) is 2. The highest BCUT2D eigenvalue weighted by atomic mass is 79.9. The van der Waals surface area contributed by atoms with Crippen LogP contribution in [-0.4, -0.2) is 22.0 Å². The van der Waals surface area contributed by atoms with Gasteiger partial charge in [-0.1, -0.05) is 46.3 Å². The standard InChI is InChI=1S/C18H20BrN3O/c1-20-18-21(2)15-5-3-4-6-16(15)22(18)12-11-17(23)13-7-9-14(19)10-8-13/h3-7,9-10,13H,8,11-12H2,1-2H3. The third-order valence-electron chi connectivity index (χ3n) is 4.33. The lowest BCUT2D eigenvalue weighted by Gasteiger charge is -2.13. The lowest BCUT2D eigenvalue weighted by molar-refractivity contribution is -0.121. The van der Waals surface area contributed by atoms with Crippen molar-refractivity contribution in [2.75, 3.05) is 7.05 Å². The Kier molecular flexibility index (Phi) is 4.66. The van der Waals surface area contributed by atoms with Gasteiger partial charge in [0.1, 0.15) is 5.78 Å². The number of carbonyl (C=O) groups excluding carboxylic acids is 1. The summed E-state index contributed by atoms with van der Waals surface area (Å²) in [4.78, 5) is 16.9. The Hall–Kier alpha value is -1.88. The van der Waals surface area contributed by atoms with E-state index in [1.54, 1.807) is 7.05 Å². The molecule has 0 saturated carbocycles. The molecule has 1 aliphatic rings. The first-order valence-electron chi connectivity index (χ1n) is 7.75. The highest BCUT2D eigenvalue weighted by molar-refractivity contribution is 9.11. The van der Waals surface area contributed by atoms with Crippen molar-refractivity contribution in [3.05, 3.63) is 52.6 Å². The van der Waals surface area contributed by atoms with Crippen molar-refractivity contribution in [2.45, 2.75) is 19.4 Å². The Bertz CT molecular complexity index is 870. The van der Waals surface area contributed by atoms with E-state index in [1.165, 1.54) is 0 Å². The molecule has 0 radical (unpaired) electrons. The fraction of sp³-hybridized carbons (Fsp3) is 0.333. The van der Waals surface area contributed by atoms with Crippen molar-refractivity contribution < 1.29 is 4.79 Å². The Balaban J connectivity index is 1.83. The molecule has 120 valence electrons. The van der Waals surface area contributed by atoms with E-state index >= 15 is 0 Å². The molecule has 3 rings (SSSR count). The molecule has 0 saturated heterocycles. The minimum absolute atomic E-state index is 0.00566. The summed E-state index contributed by atoms with van der Waals surface area (Å²) in [6, 6.07) is 8.20. The molecule has 0 bridgehead atoms. The van der Waals surface area contributed by atoms with Gasteiger partial charge in [0.05, 0.1) is 11.0 Å². The van der Waals surface area contributed by atoms with Crippen LogP contribution in [0.5, 0.6) is 0 Å². The van der Waals surface area contributed by atoms with E-state index in [1.807, 2.05) is 31.3 Å². The smallest absolute Gasteiger partial charge is 0.205 e. The number of nitrogens with zero attached hydrogens (tertiary/aromatic N) is 3. The van der Waals surface area contributed by atoms with Crippen LogP contribution in [0.2, 0.25) is 0 Å². The van der Waals surface area contributed by atoms with Crippen molar-refractivity contribution in [2.24, 2.45) is 18.0 Å². The van der Waals surface area contributed by atoms with Gasteiger partial charge in [0.15, 0.2) is 0 Å². The van der Waals surface area contributed by atoms with Gasteiger partial charge in [-0.25, -0.2) is 0 Å². The summed E-state index contributed by atoms with van der Waals surface area (Å²) in [5.41, 5.74) is 3.14. The normalized spacial score (nSPS) is 18.5. The summed E-state index contributed by atoms with van der Waals surface area (Å²) < 4.78 is 5.25. The predicted molar refractivity (Wildman–Crippen MR) is 96.3 cm³/mol. The first-order chi connectivity index (χ1) is 11.1. The maximum absolute atomic E-state index is 12.5. The second kappa shape index (κ2) is 6.71. The number of rotatable bonds is 4. The number of carbonyl (C=O) groups is 1. The second-order valence-corrected chi connectivity index (χ2v) is 6.65. The number of fused-ring (bicyclic) bond motifs is 1. The van der Waals surface area contributed by atoms with Crippen LogP contribution < -0.4 is 5.62 Å². The summed E-state index contributed by atoms with van der Waals surface area (Å²) >= 11 is 3.43.